The lowest BCUT2D eigenvalue weighted by molar-refractivity contribution is 0.186. The number of benzene rings is 1. The molecule has 1 saturated carbocycles. The number of primary amides is 1. The molecule has 0 saturated heterocycles. The molecule has 1 fully saturated rings. The Hall–Kier alpha value is -1.55. The molecule has 4 heteroatoms. The number of unbranched alkanes of at least 4 members (excludes halogenated alkanes) is 1. The van der Waals surface area contributed by atoms with Crippen LogP contribution in [0.25, 0.3) is 0 Å². The molecule has 4 N–H and O–H groups in total. The molecule has 2 rings (SSSR count). The first-order valence-corrected chi connectivity index (χ1v) is 7.91. The van der Waals surface area contributed by atoms with Crippen LogP contribution in [0.5, 0.6) is 0 Å². The second-order valence-electron chi connectivity index (χ2n) is 6.32. The van der Waals surface area contributed by atoms with Crippen molar-refractivity contribution in [1.82, 2.24) is 4.90 Å². The number of carbonyl (C=O) groups is 1. The summed E-state index contributed by atoms with van der Waals surface area (Å²) in [5.41, 5.74) is 13.7. The minimum absolute atomic E-state index is 0.319. The van der Waals surface area contributed by atoms with Gasteiger partial charge in [0.15, 0.2) is 0 Å². The molecule has 21 heavy (non-hydrogen) atoms. The zero-order valence-electron chi connectivity index (χ0n) is 13.0. The highest BCUT2D eigenvalue weighted by Gasteiger charge is 2.43. The summed E-state index contributed by atoms with van der Waals surface area (Å²) in [7, 11) is 0. The molecule has 0 heterocycles. The molecule has 116 valence electrons. The molecule has 0 spiro atoms. The lowest BCUT2D eigenvalue weighted by atomic mass is 9.98. The van der Waals surface area contributed by atoms with E-state index in [1.165, 1.54) is 32.1 Å². The fourth-order valence-corrected chi connectivity index (χ4v) is 2.83. The highest BCUT2D eigenvalue weighted by atomic mass is 16.2. The third-order valence-electron chi connectivity index (χ3n) is 4.49. The third kappa shape index (κ3) is 4.46. The predicted molar refractivity (Wildman–Crippen MR) is 85.5 cm³/mol. The molecule has 0 atom stereocenters. The molecule has 0 unspecified atom stereocenters. The van der Waals surface area contributed by atoms with Gasteiger partial charge in [0.2, 0.25) is 0 Å². The summed E-state index contributed by atoms with van der Waals surface area (Å²) in [6.07, 6.45) is 6.10. The van der Waals surface area contributed by atoms with Crippen LogP contribution in [-0.2, 0) is 13.1 Å². The number of hydrogen-bond donors (Lipinski definition) is 2. The van der Waals surface area contributed by atoms with Crippen LogP contribution in [0.3, 0.4) is 0 Å². The summed E-state index contributed by atoms with van der Waals surface area (Å²) in [4.78, 5) is 13.5. The molecule has 2 amide bonds. The highest BCUT2D eigenvalue weighted by Crippen LogP contribution is 2.50. The topological polar surface area (TPSA) is 72.3 Å². The van der Waals surface area contributed by atoms with Gasteiger partial charge in [-0.1, -0.05) is 44.0 Å². The minimum atomic E-state index is -0.319. The number of nitrogens with zero attached hydrogens (tertiary/aromatic N) is 1. The van der Waals surface area contributed by atoms with Gasteiger partial charge >= 0.3 is 6.03 Å². The van der Waals surface area contributed by atoms with Crippen LogP contribution >= 0.6 is 0 Å². The Morgan fingerprint density at radius 2 is 1.86 bits per heavy atom. The van der Waals surface area contributed by atoms with E-state index in [0.717, 1.165) is 17.7 Å². The maximum Gasteiger partial charge on any atom is 0.315 e. The van der Waals surface area contributed by atoms with Crippen molar-refractivity contribution in [3.63, 3.8) is 0 Å². The Kier molecular flexibility index (Phi) is 5.23. The van der Waals surface area contributed by atoms with Gasteiger partial charge in [-0.3, -0.25) is 0 Å². The van der Waals surface area contributed by atoms with Gasteiger partial charge in [0.1, 0.15) is 0 Å². The number of amides is 2. The zero-order chi connectivity index (χ0) is 15.3. The Bertz CT molecular complexity index is 465. The fraction of sp³-hybridized carbons (Fsp3) is 0.588. The Morgan fingerprint density at radius 1 is 1.24 bits per heavy atom. The molecule has 1 aliphatic carbocycles. The molecule has 1 aliphatic rings. The Balaban J connectivity index is 1.97. The first-order valence-electron chi connectivity index (χ1n) is 7.91. The number of rotatable bonds is 8. The molecule has 0 aliphatic heterocycles. The average Bonchev–Trinajstić information content (AvgIpc) is 3.25. The van der Waals surface area contributed by atoms with E-state index in [0.29, 0.717) is 18.5 Å². The lowest BCUT2D eigenvalue weighted by Gasteiger charge is -2.26. The maximum absolute atomic E-state index is 11.7. The van der Waals surface area contributed by atoms with Crippen molar-refractivity contribution < 1.29 is 4.79 Å². The summed E-state index contributed by atoms with van der Waals surface area (Å²) >= 11 is 0. The number of nitrogens with two attached hydrogens (primary N) is 2. The van der Waals surface area contributed by atoms with Crippen molar-refractivity contribution in [3.05, 3.63) is 35.4 Å². The summed E-state index contributed by atoms with van der Waals surface area (Å²) in [5, 5.41) is 0. The summed E-state index contributed by atoms with van der Waals surface area (Å²) in [6, 6.07) is 7.77. The van der Waals surface area contributed by atoms with Gasteiger partial charge in [-0.25, -0.2) is 4.79 Å². The van der Waals surface area contributed by atoms with E-state index in [1.807, 2.05) is 24.3 Å². The second-order valence-corrected chi connectivity index (χ2v) is 6.32. The predicted octanol–water partition coefficient (Wildman–Crippen LogP) is 3.00. The summed E-state index contributed by atoms with van der Waals surface area (Å²) < 4.78 is 0. The van der Waals surface area contributed by atoms with Crippen molar-refractivity contribution in [2.75, 3.05) is 6.54 Å². The monoisotopic (exact) mass is 289 g/mol. The van der Waals surface area contributed by atoms with Crippen LogP contribution in [0.15, 0.2) is 24.3 Å². The molecule has 1 aromatic carbocycles. The summed E-state index contributed by atoms with van der Waals surface area (Å²) in [5.74, 6) is 0. The van der Waals surface area contributed by atoms with Gasteiger partial charge < -0.3 is 16.4 Å². The van der Waals surface area contributed by atoms with Crippen molar-refractivity contribution in [3.8, 4) is 0 Å². The normalized spacial score (nSPS) is 15.7. The second kappa shape index (κ2) is 6.94. The van der Waals surface area contributed by atoms with Gasteiger partial charge in [-0.05, 0) is 35.8 Å². The summed E-state index contributed by atoms with van der Waals surface area (Å²) in [6.45, 7) is 4.13. The third-order valence-corrected chi connectivity index (χ3v) is 4.49. The molecule has 0 radical (unpaired) electrons. The number of carbonyl (C=O) groups excluding carboxylic acids is 1. The first-order chi connectivity index (χ1) is 10.1. The van der Waals surface area contributed by atoms with Crippen molar-refractivity contribution >= 4 is 6.03 Å². The van der Waals surface area contributed by atoms with Gasteiger partial charge in [-0.15, -0.1) is 0 Å². The standard InChI is InChI=1S/C17H27N3O/c1-2-3-8-17(9-10-17)13-20(16(19)21)12-15-6-4-14(11-18)5-7-15/h4-7H,2-3,8-13,18H2,1H3,(H2,19,21). The molecule has 0 bridgehead atoms. The van der Waals surface area contributed by atoms with E-state index >= 15 is 0 Å². The van der Waals surface area contributed by atoms with Crippen LogP contribution in [-0.4, -0.2) is 17.5 Å². The minimum Gasteiger partial charge on any atom is -0.351 e. The van der Waals surface area contributed by atoms with Gasteiger partial charge in [-0.2, -0.15) is 0 Å². The van der Waals surface area contributed by atoms with E-state index in [1.54, 1.807) is 4.90 Å². The van der Waals surface area contributed by atoms with Gasteiger partial charge in [0.05, 0.1) is 0 Å². The van der Waals surface area contributed by atoms with E-state index in [4.69, 9.17) is 11.5 Å². The lowest BCUT2D eigenvalue weighted by Crippen LogP contribution is -2.39. The smallest absolute Gasteiger partial charge is 0.315 e. The van der Waals surface area contributed by atoms with Gasteiger partial charge in [0.25, 0.3) is 0 Å². The largest absolute Gasteiger partial charge is 0.351 e. The van der Waals surface area contributed by atoms with E-state index in [9.17, 15) is 4.79 Å². The molecular formula is C17H27N3O. The van der Waals surface area contributed by atoms with Crippen molar-refractivity contribution in [2.24, 2.45) is 16.9 Å². The van der Waals surface area contributed by atoms with Crippen LogP contribution in [0.1, 0.15) is 50.2 Å². The maximum atomic E-state index is 11.7. The molecule has 4 nitrogen and oxygen atoms in total. The Labute approximate surface area is 127 Å². The van der Waals surface area contributed by atoms with E-state index in [-0.39, 0.29) is 6.03 Å². The van der Waals surface area contributed by atoms with Crippen molar-refractivity contribution in [1.29, 1.82) is 0 Å². The number of hydrogen-bond acceptors (Lipinski definition) is 2. The molecule has 1 aromatic rings. The SMILES string of the molecule is CCCCC1(CN(Cc2ccc(CN)cc2)C(N)=O)CC1. The Morgan fingerprint density at radius 3 is 2.33 bits per heavy atom. The highest BCUT2D eigenvalue weighted by molar-refractivity contribution is 5.72. The van der Waals surface area contributed by atoms with Crippen LogP contribution in [0.4, 0.5) is 4.79 Å². The average molecular weight is 289 g/mol. The van der Waals surface area contributed by atoms with Crippen molar-refractivity contribution in [2.45, 2.75) is 52.1 Å². The molecular weight excluding hydrogens is 262 g/mol. The first kappa shape index (κ1) is 15.8. The van der Waals surface area contributed by atoms with E-state index < -0.39 is 0 Å². The fourth-order valence-electron chi connectivity index (χ4n) is 2.83. The van der Waals surface area contributed by atoms with Crippen LogP contribution in [0.2, 0.25) is 0 Å². The quantitative estimate of drug-likeness (QED) is 0.772. The van der Waals surface area contributed by atoms with Gasteiger partial charge in [0, 0.05) is 19.6 Å². The van der Waals surface area contributed by atoms with Crippen LogP contribution < -0.4 is 11.5 Å². The van der Waals surface area contributed by atoms with E-state index in [2.05, 4.69) is 6.92 Å². The molecule has 0 aromatic heterocycles. The van der Waals surface area contributed by atoms with Crippen LogP contribution in [0, 0.1) is 5.41 Å². The zero-order valence-corrected chi connectivity index (χ0v) is 13.0. The number of urea groups is 1.